The molecule has 1 fully saturated rings. The molecular formula is C20H23BrClN3OS. The third-order valence-corrected chi connectivity index (χ3v) is 6.36. The Morgan fingerprint density at radius 3 is 2.56 bits per heavy atom. The van der Waals surface area contributed by atoms with E-state index in [1.54, 1.807) is 11.8 Å². The van der Waals surface area contributed by atoms with E-state index in [0.717, 1.165) is 52.7 Å². The highest BCUT2D eigenvalue weighted by molar-refractivity contribution is 9.10. The van der Waals surface area contributed by atoms with Crippen molar-refractivity contribution in [2.45, 2.75) is 16.2 Å². The number of piperazine rings is 1. The summed E-state index contributed by atoms with van der Waals surface area (Å²) >= 11 is 11.2. The van der Waals surface area contributed by atoms with E-state index in [0.29, 0.717) is 11.4 Å². The highest BCUT2D eigenvalue weighted by Crippen LogP contribution is 2.35. The van der Waals surface area contributed by atoms with Gasteiger partial charge in [0.25, 0.3) is 0 Å². The van der Waals surface area contributed by atoms with E-state index < -0.39 is 0 Å². The van der Waals surface area contributed by atoms with Gasteiger partial charge < -0.3 is 15.1 Å². The maximum atomic E-state index is 12.5. The molecule has 0 aromatic heterocycles. The van der Waals surface area contributed by atoms with Crippen molar-refractivity contribution in [3.05, 3.63) is 52.0 Å². The number of amides is 1. The van der Waals surface area contributed by atoms with Crippen LogP contribution in [0.4, 0.5) is 5.69 Å². The molecule has 0 aliphatic carbocycles. The minimum Gasteiger partial charge on any atom is -0.325 e. The first-order valence-corrected chi connectivity index (χ1v) is 10.9. The normalized spacial score (nSPS) is 15.7. The lowest BCUT2D eigenvalue weighted by Crippen LogP contribution is -2.45. The van der Waals surface area contributed by atoms with Crippen LogP contribution in [0.2, 0.25) is 5.02 Å². The molecule has 1 amide bonds. The maximum Gasteiger partial charge on any atom is 0.225 e. The minimum absolute atomic E-state index is 0.0221. The number of nitrogens with one attached hydrogen (secondary N) is 1. The molecule has 144 valence electrons. The molecule has 0 saturated carbocycles. The van der Waals surface area contributed by atoms with Gasteiger partial charge in [0.15, 0.2) is 0 Å². The molecule has 7 heteroatoms. The molecule has 1 heterocycles. The van der Waals surface area contributed by atoms with Crippen LogP contribution in [0.25, 0.3) is 0 Å². The number of halogens is 2. The molecule has 2 aromatic carbocycles. The van der Waals surface area contributed by atoms with E-state index in [4.69, 9.17) is 11.6 Å². The molecule has 0 atom stereocenters. The van der Waals surface area contributed by atoms with Gasteiger partial charge in [-0.05, 0) is 49.5 Å². The molecule has 1 saturated heterocycles. The van der Waals surface area contributed by atoms with Crippen molar-refractivity contribution < 1.29 is 4.79 Å². The van der Waals surface area contributed by atoms with Crippen LogP contribution >= 0.6 is 39.3 Å². The molecule has 27 heavy (non-hydrogen) atoms. The minimum atomic E-state index is 0.0221. The quantitative estimate of drug-likeness (QED) is 0.659. The van der Waals surface area contributed by atoms with Crippen LogP contribution in [0.5, 0.6) is 0 Å². The lowest BCUT2D eigenvalue weighted by Gasteiger charge is -2.32. The second kappa shape index (κ2) is 9.94. The SMILES string of the molecule is CN1CCN(CCC(=O)Nc2cc(Cl)ccc2Sc2ccc(Br)cc2)CC1. The van der Waals surface area contributed by atoms with Crippen molar-refractivity contribution in [1.82, 2.24) is 9.80 Å². The van der Waals surface area contributed by atoms with Gasteiger partial charge in [0.2, 0.25) is 5.91 Å². The third-order valence-electron chi connectivity index (χ3n) is 4.51. The van der Waals surface area contributed by atoms with Gasteiger partial charge in [-0.3, -0.25) is 4.79 Å². The number of carbonyl (C=O) groups is 1. The fraction of sp³-hybridized carbons (Fsp3) is 0.350. The molecule has 0 spiro atoms. The summed E-state index contributed by atoms with van der Waals surface area (Å²) in [7, 11) is 2.13. The van der Waals surface area contributed by atoms with Crippen molar-refractivity contribution in [1.29, 1.82) is 0 Å². The molecule has 4 nitrogen and oxygen atoms in total. The summed E-state index contributed by atoms with van der Waals surface area (Å²) in [4.78, 5) is 19.2. The number of nitrogens with zero attached hydrogens (tertiary/aromatic N) is 2. The molecule has 1 aliphatic rings. The fourth-order valence-corrected chi connectivity index (χ4v) is 4.18. The summed E-state index contributed by atoms with van der Waals surface area (Å²) in [6.07, 6.45) is 0.485. The lowest BCUT2D eigenvalue weighted by molar-refractivity contribution is -0.116. The Bertz CT molecular complexity index is 779. The van der Waals surface area contributed by atoms with E-state index in [-0.39, 0.29) is 5.91 Å². The first kappa shape index (κ1) is 20.7. The maximum absolute atomic E-state index is 12.5. The van der Waals surface area contributed by atoms with Gasteiger partial charge in [-0.25, -0.2) is 0 Å². The van der Waals surface area contributed by atoms with Crippen LogP contribution in [0.15, 0.2) is 56.7 Å². The van der Waals surface area contributed by atoms with Gasteiger partial charge in [-0.15, -0.1) is 0 Å². The Morgan fingerprint density at radius 2 is 1.85 bits per heavy atom. The molecule has 1 aliphatic heterocycles. The van der Waals surface area contributed by atoms with Gasteiger partial charge in [0.05, 0.1) is 5.69 Å². The van der Waals surface area contributed by atoms with Crippen LogP contribution in [0.1, 0.15) is 6.42 Å². The van der Waals surface area contributed by atoms with E-state index in [2.05, 4.69) is 38.1 Å². The summed E-state index contributed by atoms with van der Waals surface area (Å²) in [5, 5.41) is 3.66. The number of likely N-dealkylation sites (N-methyl/N-ethyl adjacent to an activating group) is 1. The largest absolute Gasteiger partial charge is 0.325 e. The average Bonchev–Trinajstić information content (AvgIpc) is 2.65. The summed E-state index contributed by atoms with van der Waals surface area (Å²) in [5.74, 6) is 0.0221. The molecule has 3 rings (SSSR count). The topological polar surface area (TPSA) is 35.6 Å². The fourth-order valence-electron chi connectivity index (χ4n) is 2.86. The van der Waals surface area contributed by atoms with Crippen molar-refractivity contribution in [3.8, 4) is 0 Å². The van der Waals surface area contributed by atoms with Gasteiger partial charge in [0.1, 0.15) is 0 Å². The molecular weight excluding hydrogens is 446 g/mol. The molecule has 1 N–H and O–H groups in total. The number of carbonyl (C=O) groups excluding carboxylic acids is 1. The smallest absolute Gasteiger partial charge is 0.225 e. The first-order chi connectivity index (χ1) is 13.0. The number of hydrogen-bond acceptors (Lipinski definition) is 4. The predicted octanol–water partition coefficient (Wildman–Crippen LogP) is 4.83. The number of rotatable bonds is 6. The summed E-state index contributed by atoms with van der Waals surface area (Å²) < 4.78 is 1.04. The number of anilines is 1. The summed E-state index contributed by atoms with van der Waals surface area (Å²) in [6.45, 7) is 4.94. The Labute approximate surface area is 178 Å². The van der Waals surface area contributed by atoms with Gasteiger partial charge in [-0.2, -0.15) is 0 Å². The van der Waals surface area contributed by atoms with Gasteiger partial charge in [0, 0.05) is 58.4 Å². The Hall–Kier alpha value is -1.05. The number of benzene rings is 2. The monoisotopic (exact) mass is 467 g/mol. The van der Waals surface area contributed by atoms with Crippen molar-refractivity contribution in [2.24, 2.45) is 0 Å². The summed E-state index contributed by atoms with van der Waals surface area (Å²) in [6, 6.07) is 13.7. The zero-order chi connectivity index (χ0) is 19.2. The van der Waals surface area contributed by atoms with Crippen molar-refractivity contribution in [2.75, 3.05) is 45.1 Å². The summed E-state index contributed by atoms with van der Waals surface area (Å²) in [5.41, 5.74) is 0.763. The average molecular weight is 469 g/mol. The standard InChI is InChI=1S/C20H23BrClN3OS/c1-24-10-12-25(13-11-24)9-8-20(26)23-18-14-16(22)4-7-19(18)27-17-5-2-15(21)3-6-17/h2-7,14H,8-13H2,1H3,(H,23,26). The highest BCUT2D eigenvalue weighted by atomic mass is 79.9. The predicted molar refractivity (Wildman–Crippen MR) is 117 cm³/mol. The Morgan fingerprint density at radius 1 is 1.15 bits per heavy atom. The lowest BCUT2D eigenvalue weighted by atomic mass is 10.2. The Balaban J connectivity index is 1.60. The van der Waals surface area contributed by atoms with Gasteiger partial charge in [-0.1, -0.05) is 39.3 Å². The first-order valence-electron chi connectivity index (χ1n) is 8.93. The second-order valence-electron chi connectivity index (χ2n) is 6.64. The van der Waals surface area contributed by atoms with E-state index in [1.165, 1.54) is 0 Å². The molecule has 0 unspecified atom stereocenters. The van der Waals surface area contributed by atoms with Crippen molar-refractivity contribution >= 4 is 50.9 Å². The zero-order valence-electron chi connectivity index (χ0n) is 15.3. The number of hydrogen-bond donors (Lipinski definition) is 1. The van der Waals surface area contributed by atoms with Crippen LogP contribution < -0.4 is 5.32 Å². The van der Waals surface area contributed by atoms with Crippen LogP contribution in [-0.2, 0) is 4.79 Å². The van der Waals surface area contributed by atoms with E-state index in [9.17, 15) is 4.79 Å². The van der Waals surface area contributed by atoms with Crippen LogP contribution in [-0.4, -0.2) is 55.5 Å². The zero-order valence-corrected chi connectivity index (χ0v) is 18.4. The second-order valence-corrected chi connectivity index (χ2v) is 9.11. The third kappa shape index (κ3) is 6.50. The Kier molecular flexibility index (Phi) is 7.61. The molecule has 0 radical (unpaired) electrons. The molecule has 0 bridgehead atoms. The van der Waals surface area contributed by atoms with Crippen LogP contribution in [0, 0.1) is 0 Å². The van der Waals surface area contributed by atoms with E-state index in [1.807, 2.05) is 42.5 Å². The van der Waals surface area contributed by atoms with Gasteiger partial charge >= 0.3 is 0 Å². The van der Waals surface area contributed by atoms with Crippen molar-refractivity contribution in [3.63, 3.8) is 0 Å². The van der Waals surface area contributed by atoms with Crippen LogP contribution in [0.3, 0.4) is 0 Å². The molecule has 2 aromatic rings. The highest BCUT2D eigenvalue weighted by Gasteiger charge is 2.15. The van der Waals surface area contributed by atoms with E-state index >= 15 is 0 Å².